The van der Waals surface area contributed by atoms with Crippen LogP contribution in [0.2, 0.25) is 0 Å². The number of esters is 1. The number of aryl methyl sites for hydroxylation is 3. The predicted molar refractivity (Wildman–Crippen MR) is 107 cm³/mol. The summed E-state index contributed by atoms with van der Waals surface area (Å²) in [6, 6.07) is 5.62. The number of carbonyl (C=O) groups excluding carboxylic acids is 2. The molecule has 0 atom stereocenters. The summed E-state index contributed by atoms with van der Waals surface area (Å²) in [5.41, 5.74) is 3.33. The highest BCUT2D eigenvalue weighted by Gasteiger charge is 2.18. The average molecular weight is 385 g/mol. The van der Waals surface area contributed by atoms with Gasteiger partial charge >= 0.3 is 5.97 Å². The summed E-state index contributed by atoms with van der Waals surface area (Å²) < 4.78 is 7.24. The third-order valence-corrected chi connectivity index (χ3v) is 5.34. The van der Waals surface area contributed by atoms with E-state index in [1.54, 1.807) is 6.07 Å². The van der Waals surface area contributed by atoms with Crippen LogP contribution in [0, 0.1) is 39.0 Å². The van der Waals surface area contributed by atoms with Crippen LogP contribution < -0.4 is 0 Å². The molecule has 2 rings (SSSR count). The van der Waals surface area contributed by atoms with Gasteiger partial charge in [-0.15, -0.1) is 11.3 Å². The zero-order chi connectivity index (χ0) is 20.1. The summed E-state index contributed by atoms with van der Waals surface area (Å²) in [7, 11) is 0. The van der Waals surface area contributed by atoms with Gasteiger partial charge in [-0.2, -0.15) is 5.26 Å². The minimum atomic E-state index is -0.782. The van der Waals surface area contributed by atoms with E-state index in [9.17, 15) is 14.9 Å². The first kappa shape index (κ1) is 20.7. The standard InChI is InChI=1S/C21H24N2O3S/c1-6-7-23-13(2)8-17(15(23)4)10-18(11-22)21(25)26-12-20(24)19-9-14(3)27-16(19)5/h8-10H,6-7,12H2,1-5H3/b18-10+. The highest BCUT2D eigenvalue weighted by molar-refractivity contribution is 7.12. The number of carbonyl (C=O) groups is 2. The van der Waals surface area contributed by atoms with Crippen molar-refractivity contribution < 1.29 is 14.3 Å². The molecule has 0 spiro atoms. The predicted octanol–water partition coefficient (Wildman–Crippen LogP) is 4.53. The third kappa shape index (κ3) is 4.75. The van der Waals surface area contributed by atoms with E-state index in [4.69, 9.17) is 4.74 Å². The molecule has 0 bridgehead atoms. The van der Waals surface area contributed by atoms with Gasteiger partial charge in [-0.25, -0.2) is 4.79 Å². The van der Waals surface area contributed by atoms with E-state index in [1.165, 1.54) is 17.4 Å². The Kier molecular flexibility index (Phi) is 6.75. The lowest BCUT2D eigenvalue weighted by Gasteiger charge is -2.07. The summed E-state index contributed by atoms with van der Waals surface area (Å²) in [6.45, 7) is 10.3. The van der Waals surface area contributed by atoms with E-state index in [0.717, 1.165) is 39.7 Å². The van der Waals surface area contributed by atoms with Crippen molar-refractivity contribution in [3.63, 3.8) is 0 Å². The van der Waals surface area contributed by atoms with E-state index in [2.05, 4.69) is 11.5 Å². The molecule has 0 aliphatic heterocycles. The van der Waals surface area contributed by atoms with Crippen LogP contribution in [0.15, 0.2) is 17.7 Å². The Labute approximate surface area is 163 Å². The van der Waals surface area contributed by atoms with E-state index in [-0.39, 0.29) is 18.0 Å². The molecule has 0 saturated heterocycles. The van der Waals surface area contributed by atoms with Gasteiger partial charge < -0.3 is 9.30 Å². The normalized spacial score (nSPS) is 11.3. The maximum absolute atomic E-state index is 12.3. The van der Waals surface area contributed by atoms with Crippen LogP contribution >= 0.6 is 11.3 Å². The lowest BCUT2D eigenvalue weighted by atomic mass is 10.1. The van der Waals surface area contributed by atoms with Crippen LogP contribution in [0.25, 0.3) is 6.08 Å². The van der Waals surface area contributed by atoms with Crippen molar-refractivity contribution in [2.24, 2.45) is 0 Å². The molecular weight excluding hydrogens is 360 g/mol. The minimum absolute atomic E-state index is 0.113. The van der Waals surface area contributed by atoms with Crippen molar-refractivity contribution in [1.82, 2.24) is 4.57 Å². The zero-order valence-electron chi connectivity index (χ0n) is 16.4. The van der Waals surface area contributed by atoms with Crippen molar-refractivity contribution in [1.29, 1.82) is 5.26 Å². The molecule has 0 radical (unpaired) electrons. The fourth-order valence-corrected chi connectivity index (χ4v) is 3.97. The topological polar surface area (TPSA) is 72.1 Å². The van der Waals surface area contributed by atoms with Gasteiger partial charge in [0.05, 0.1) is 0 Å². The molecule has 0 N–H and O–H groups in total. The van der Waals surface area contributed by atoms with Gasteiger partial charge in [0.2, 0.25) is 5.78 Å². The molecule has 0 amide bonds. The van der Waals surface area contributed by atoms with Gasteiger partial charge in [-0.05, 0) is 57.9 Å². The molecular formula is C21H24N2O3S. The Morgan fingerprint density at radius 1 is 1.26 bits per heavy atom. The quantitative estimate of drug-likeness (QED) is 0.304. The second kappa shape index (κ2) is 8.83. The van der Waals surface area contributed by atoms with Gasteiger partial charge in [0, 0.05) is 33.3 Å². The number of hydrogen-bond donors (Lipinski definition) is 0. The summed E-state index contributed by atoms with van der Waals surface area (Å²) in [6.07, 6.45) is 2.53. The molecule has 2 heterocycles. The van der Waals surface area contributed by atoms with E-state index < -0.39 is 5.97 Å². The number of aromatic nitrogens is 1. The number of nitriles is 1. The highest BCUT2D eigenvalue weighted by atomic mass is 32.1. The summed E-state index contributed by atoms with van der Waals surface area (Å²) in [5.74, 6) is -1.04. The Bertz CT molecular complexity index is 942. The van der Waals surface area contributed by atoms with Crippen molar-refractivity contribution in [3.8, 4) is 6.07 Å². The van der Waals surface area contributed by atoms with E-state index in [1.807, 2.05) is 39.8 Å². The fraction of sp³-hybridized carbons (Fsp3) is 0.381. The molecule has 0 aliphatic carbocycles. The Morgan fingerprint density at radius 3 is 2.52 bits per heavy atom. The molecule has 0 saturated carbocycles. The highest BCUT2D eigenvalue weighted by Crippen LogP contribution is 2.22. The van der Waals surface area contributed by atoms with Crippen molar-refractivity contribution in [3.05, 3.63) is 50.0 Å². The van der Waals surface area contributed by atoms with Crippen molar-refractivity contribution >= 4 is 29.2 Å². The van der Waals surface area contributed by atoms with Crippen LogP contribution in [0.3, 0.4) is 0 Å². The minimum Gasteiger partial charge on any atom is -0.453 e. The molecule has 5 nitrogen and oxygen atoms in total. The summed E-state index contributed by atoms with van der Waals surface area (Å²) in [4.78, 5) is 26.4. The van der Waals surface area contributed by atoms with E-state index >= 15 is 0 Å². The third-order valence-electron chi connectivity index (χ3n) is 4.38. The fourth-order valence-electron chi connectivity index (χ4n) is 3.03. The summed E-state index contributed by atoms with van der Waals surface area (Å²) in [5, 5.41) is 9.35. The lowest BCUT2D eigenvalue weighted by molar-refractivity contribution is -0.137. The number of rotatable bonds is 7. The maximum atomic E-state index is 12.3. The van der Waals surface area contributed by atoms with Crippen LogP contribution in [-0.4, -0.2) is 22.9 Å². The lowest BCUT2D eigenvalue weighted by Crippen LogP contribution is -2.15. The number of Topliss-reactive ketones (excluding diaryl/α,β-unsaturated/α-hetero) is 1. The maximum Gasteiger partial charge on any atom is 0.349 e. The molecule has 0 aromatic carbocycles. The number of ketones is 1. The Balaban J connectivity index is 2.13. The van der Waals surface area contributed by atoms with Crippen molar-refractivity contribution in [2.45, 2.75) is 47.6 Å². The number of hydrogen-bond acceptors (Lipinski definition) is 5. The first-order valence-electron chi connectivity index (χ1n) is 8.84. The Hall–Kier alpha value is -2.65. The van der Waals surface area contributed by atoms with Gasteiger partial charge in [-0.3, -0.25) is 4.79 Å². The zero-order valence-corrected chi connectivity index (χ0v) is 17.2. The second-order valence-electron chi connectivity index (χ2n) is 6.47. The van der Waals surface area contributed by atoms with Crippen LogP contribution in [0.4, 0.5) is 0 Å². The molecule has 2 aromatic rings. The molecule has 6 heteroatoms. The molecule has 0 fully saturated rings. The van der Waals surface area contributed by atoms with Crippen LogP contribution in [-0.2, 0) is 16.1 Å². The number of thiophene rings is 1. The van der Waals surface area contributed by atoms with Crippen molar-refractivity contribution in [2.75, 3.05) is 6.61 Å². The van der Waals surface area contributed by atoms with Gasteiger partial charge in [0.25, 0.3) is 0 Å². The molecule has 27 heavy (non-hydrogen) atoms. The van der Waals surface area contributed by atoms with Crippen LogP contribution in [0.5, 0.6) is 0 Å². The van der Waals surface area contributed by atoms with Gasteiger partial charge in [0.1, 0.15) is 11.6 Å². The second-order valence-corrected chi connectivity index (χ2v) is 7.93. The molecule has 0 unspecified atom stereocenters. The molecule has 0 aliphatic rings. The molecule has 142 valence electrons. The molecule has 2 aromatic heterocycles. The smallest absolute Gasteiger partial charge is 0.349 e. The SMILES string of the molecule is CCCn1c(C)cc(/C=C(\C#N)C(=O)OCC(=O)c2cc(C)sc2C)c1C. The Morgan fingerprint density at radius 2 is 1.96 bits per heavy atom. The number of nitrogens with zero attached hydrogens (tertiary/aromatic N) is 2. The van der Waals surface area contributed by atoms with Gasteiger partial charge in [-0.1, -0.05) is 6.92 Å². The monoisotopic (exact) mass is 384 g/mol. The number of ether oxygens (including phenoxy) is 1. The van der Waals surface area contributed by atoms with Crippen LogP contribution in [0.1, 0.15) is 50.4 Å². The largest absolute Gasteiger partial charge is 0.453 e. The average Bonchev–Trinajstić information content (AvgIpc) is 3.10. The van der Waals surface area contributed by atoms with E-state index in [0.29, 0.717) is 5.56 Å². The first-order chi connectivity index (χ1) is 12.8. The first-order valence-corrected chi connectivity index (χ1v) is 9.66. The summed E-state index contributed by atoms with van der Waals surface area (Å²) >= 11 is 1.53. The van der Waals surface area contributed by atoms with Gasteiger partial charge in [0.15, 0.2) is 6.61 Å².